The number of benzene rings is 3. The van der Waals surface area contributed by atoms with Crippen LogP contribution in [0.5, 0.6) is 5.75 Å². The lowest BCUT2D eigenvalue weighted by molar-refractivity contribution is -0.137. The summed E-state index contributed by atoms with van der Waals surface area (Å²) in [5, 5.41) is 23.0. The quantitative estimate of drug-likeness (QED) is 0.162. The van der Waals surface area contributed by atoms with Gasteiger partial charge in [0.05, 0.1) is 11.3 Å². The number of alkyl halides is 3. The van der Waals surface area contributed by atoms with Crippen molar-refractivity contribution in [2.24, 2.45) is 0 Å². The average molecular weight is 559 g/mol. The number of amides is 2. The van der Waals surface area contributed by atoms with Crippen LogP contribution in [-0.2, 0) is 6.18 Å². The highest BCUT2D eigenvalue weighted by Gasteiger charge is 2.30. The third kappa shape index (κ3) is 6.82. The smallest absolute Gasteiger partial charge is 0.416 e. The molecule has 5 aromatic rings. The number of anilines is 2. The van der Waals surface area contributed by atoms with Crippen molar-refractivity contribution in [3.8, 4) is 33.8 Å². The number of aromatic hydroxyl groups is 1. The van der Waals surface area contributed by atoms with Crippen molar-refractivity contribution in [3.63, 3.8) is 0 Å². The molecule has 0 aliphatic heterocycles. The zero-order valence-corrected chi connectivity index (χ0v) is 21.6. The highest BCUT2D eigenvalue weighted by atomic mass is 19.4. The summed E-state index contributed by atoms with van der Waals surface area (Å²) in [6.45, 7) is 0.506. The Bertz CT molecular complexity index is 1650. The Balaban J connectivity index is 1.26. The van der Waals surface area contributed by atoms with E-state index in [4.69, 9.17) is 5.10 Å². The molecule has 41 heavy (non-hydrogen) atoms. The Morgan fingerprint density at radius 3 is 2.46 bits per heavy atom. The number of hydrogen-bond acceptors (Lipinski definition) is 5. The third-order valence-electron chi connectivity index (χ3n) is 6.09. The molecule has 0 fully saturated rings. The second-order valence-electron chi connectivity index (χ2n) is 9.04. The van der Waals surface area contributed by atoms with Crippen molar-refractivity contribution in [2.75, 3.05) is 23.7 Å². The molecule has 0 aliphatic carbocycles. The number of para-hydroxylation sites is 1. The van der Waals surface area contributed by atoms with E-state index in [1.807, 2.05) is 54.7 Å². The number of carbonyl (C=O) groups excluding carboxylic acids is 1. The van der Waals surface area contributed by atoms with Crippen LogP contribution in [-0.4, -0.2) is 39.0 Å². The minimum atomic E-state index is -4.50. The lowest BCUT2D eigenvalue weighted by Crippen LogP contribution is -2.32. The fourth-order valence-corrected chi connectivity index (χ4v) is 4.17. The predicted molar refractivity (Wildman–Crippen MR) is 151 cm³/mol. The molecule has 2 aromatic heterocycles. The number of rotatable bonds is 8. The van der Waals surface area contributed by atoms with E-state index in [2.05, 4.69) is 20.9 Å². The molecule has 0 radical (unpaired) electrons. The molecule has 208 valence electrons. The molecule has 0 aliphatic rings. The number of carbonyl (C=O) groups is 1. The third-order valence-corrected chi connectivity index (χ3v) is 6.09. The summed E-state index contributed by atoms with van der Waals surface area (Å²) in [6.07, 6.45) is -0.936. The SMILES string of the molecule is O=C(NCCNc1cc(-c2cn(-c3ccccc3)nc2-c2cccc(O)c2)ccn1)Nc1cccc(C(F)(F)F)c1. The highest BCUT2D eigenvalue weighted by molar-refractivity contribution is 5.89. The van der Waals surface area contributed by atoms with Crippen LogP contribution in [0, 0.1) is 0 Å². The van der Waals surface area contributed by atoms with Crippen LogP contribution in [0.15, 0.2) is 103 Å². The van der Waals surface area contributed by atoms with Crippen LogP contribution in [0.3, 0.4) is 0 Å². The number of urea groups is 1. The summed E-state index contributed by atoms with van der Waals surface area (Å²) < 4.78 is 40.5. The van der Waals surface area contributed by atoms with E-state index >= 15 is 0 Å². The zero-order chi connectivity index (χ0) is 28.8. The van der Waals surface area contributed by atoms with Gasteiger partial charge in [0.25, 0.3) is 0 Å². The minimum Gasteiger partial charge on any atom is -0.508 e. The van der Waals surface area contributed by atoms with Gasteiger partial charge in [0.1, 0.15) is 17.3 Å². The topological polar surface area (TPSA) is 104 Å². The normalized spacial score (nSPS) is 11.2. The highest BCUT2D eigenvalue weighted by Crippen LogP contribution is 2.34. The fraction of sp³-hybridized carbons (Fsp3) is 0.100. The van der Waals surface area contributed by atoms with Crippen LogP contribution in [0.1, 0.15) is 5.56 Å². The maximum absolute atomic E-state index is 12.9. The van der Waals surface area contributed by atoms with E-state index < -0.39 is 17.8 Å². The van der Waals surface area contributed by atoms with Gasteiger partial charge in [-0.3, -0.25) is 0 Å². The van der Waals surface area contributed by atoms with E-state index in [1.165, 1.54) is 12.1 Å². The van der Waals surface area contributed by atoms with Gasteiger partial charge in [0.15, 0.2) is 0 Å². The number of pyridine rings is 1. The Labute approximate surface area is 233 Å². The van der Waals surface area contributed by atoms with E-state index in [1.54, 1.807) is 29.1 Å². The van der Waals surface area contributed by atoms with Gasteiger partial charge in [-0.2, -0.15) is 18.3 Å². The Morgan fingerprint density at radius 2 is 1.68 bits per heavy atom. The molecule has 4 N–H and O–H groups in total. The van der Waals surface area contributed by atoms with Crippen molar-refractivity contribution in [1.29, 1.82) is 0 Å². The van der Waals surface area contributed by atoms with Gasteiger partial charge in [-0.25, -0.2) is 14.5 Å². The molecule has 2 heterocycles. The molecular formula is C30H25F3N6O2. The van der Waals surface area contributed by atoms with Crippen molar-refractivity contribution in [1.82, 2.24) is 20.1 Å². The number of phenolic OH excluding ortho intramolecular Hbond substituents is 1. The van der Waals surface area contributed by atoms with Gasteiger partial charge in [-0.1, -0.05) is 36.4 Å². The minimum absolute atomic E-state index is 0.0400. The summed E-state index contributed by atoms with van der Waals surface area (Å²) in [5.41, 5.74) is 3.15. The van der Waals surface area contributed by atoms with Crippen molar-refractivity contribution in [2.45, 2.75) is 6.18 Å². The lowest BCUT2D eigenvalue weighted by atomic mass is 10.0. The van der Waals surface area contributed by atoms with Crippen molar-refractivity contribution in [3.05, 3.63) is 109 Å². The van der Waals surface area contributed by atoms with Crippen LogP contribution in [0.25, 0.3) is 28.1 Å². The summed E-state index contributed by atoms with van der Waals surface area (Å²) >= 11 is 0. The number of aromatic nitrogens is 3. The predicted octanol–water partition coefficient (Wildman–Crippen LogP) is 6.56. The molecule has 0 bridgehead atoms. The number of nitrogens with zero attached hydrogens (tertiary/aromatic N) is 3. The molecule has 0 atom stereocenters. The monoisotopic (exact) mass is 558 g/mol. The Hall–Kier alpha value is -5.32. The molecule has 3 aromatic carbocycles. The second-order valence-corrected chi connectivity index (χ2v) is 9.04. The van der Waals surface area contributed by atoms with Gasteiger partial charge in [-0.15, -0.1) is 0 Å². The standard InChI is InChI=1S/C30H25F3N6O2/c31-30(32,33)22-7-5-8-23(18-22)37-29(41)36-15-14-35-27-17-20(12-13-34-27)26-19-39(24-9-2-1-3-10-24)38-28(26)21-6-4-11-25(40)16-21/h1-13,16-19,40H,14-15H2,(H,34,35)(H2,36,37,41). The fourth-order valence-electron chi connectivity index (χ4n) is 4.17. The first-order valence-corrected chi connectivity index (χ1v) is 12.6. The molecule has 0 saturated carbocycles. The lowest BCUT2D eigenvalue weighted by Gasteiger charge is -2.11. The summed E-state index contributed by atoms with van der Waals surface area (Å²) in [7, 11) is 0. The molecule has 8 nitrogen and oxygen atoms in total. The van der Waals surface area contributed by atoms with Crippen molar-refractivity contribution >= 4 is 17.5 Å². The molecular weight excluding hydrogens is 533 g/mol. The first-order valence-electron chi connectivity index (χ1n) is 12.6. The first kappa shape index (κ1) is 27.3. The van der Waals surface area contributed by atoms with Gasteiger partial charge in [-0.05, 0) is 60.2 Å². The Morgan fingerprint density at radius 1 is 0.878 bits per heavy atom. The van der Waals surface area contributed by atoms with Gasteiger partial charge in [0.2, 0.25) is 0 Å². The Kier molecular flexibility index (Phi) is 7.86. The van der Waals surface area contributed by atoms with Crippen LogP contribution >= 0.6 is 0 Å². The molecule has 0 saturated heterocycles. The molecule has 2 amide bonds. The van der Waals surface area contributed by atoms with Gasteiger partial charge >= 0.3 is 12.2 Å². The molecule has 5 rings (SSSR count). The number of hydrogen-bond donors (Lipinski definition) is 4. The number of nitrogens with one attached hydrogen (secondary N) is 3. The molecule has 11 heteroatoms. The van der Waals surface area contributed by atoms with Crippen LogP contribution < -0.4 is 16.0 Å². The summed E-state index contributed by atoms with van der Waals surface area (Å²) in [6, 6.07) is 24.0. The maximum atomic E-state index is 12.9. The maximum Gasteiger partial charge on any atom is 0.416 e. The van der Waals surface area contributed by atoms with Gasteiger partial charge in [0, 0.05) is 42.3 Å². The van der Waals surface area contributed by atoms with Crippen LogP contribution in [0.2, 0.25) is 0 Å². The number of phenols is 1. The van der Waals surface area contributed by atoms with E-state index in [9.17, 15) is 23.1 Å². The molecule has 0 unspecified atom stereocenters. The first-order chi connectivity index (χ1) is 19.8. The largest absolute Gasteiger partial charge is 0.508 e. The van der Waals surface area contributed by atoms with E-state index in [-0.39, 0.29) is 18.0 Å². The van der Waals surface area contributed by atoms with E-state index in [0.29, 0.717) is 18.1 Å². The zero-order valence-electron chi connectivity index (χ0n) is 21.6. The van der Waals surface area contributed by atoms with Gasteiger partial charge < -0.3 is 21.1 Å². The summed E-state index contributed by atoms with van der Waals surface area (Å²) in [5.74, 6) is 0.682. The van der Waals surface area contributed by atoms with E-state index in [0.717, 1.165) is 34.5 Å². The molecule has 0 spiro atoms. The summed E-state index contributed by atoms with van der Waals surface area (Å²) in [4.78, 5) is 16.5. The second kappa shape index (κ2) is 11.8. The van der Waals surface area contributed by atoms with Crippen LogP contribution in [0.4, 0.5) is 29.5 Å². The number of halogens is 3. The average Bonchev–Trinajstić information content (AvgIpc) is 3.42. The van der Waals surface area contributed by atoms with Crippen molar-refractivity contribution < 1.29 is 23.1 Å².